The zero-order valence-corrected chi connectivity index (χ0v) is 10.0. The summed E-state index contributed by atoms with van der Waals surface area (Å²) in [6.07, 6.45) is 13.3. The van der Waals surface area contributed by atoms with E-state index in [2.05, 4.69) is 77.4 Å². The first-order valence-corrected chi connectivity index (χ1v) is 6.38. The van der Waals surface area contributed by atoms with Gasteiger partial charge in [0.25, 0.3) is 0 Å². The highest BCUT2D eigenvalue weighted by atomic mass is 14.9. The first-order valence-electron chi connectivity index (χ1n) is 6.38. The fourth-order valence-corrected chi connectivity index (χ4v) is 2.83. The van der Waals surface area contributed by atoms with Crippen LogP contribution >= 0.6 is 0 Å². The summed E-state index contributed by atoms with van der Waals surface area (Å²) in [7, 11) is 0. The molecule has 1 aliphatic carbocycles. The first-order chi connectivity index (χ1) is 8.90. The first kappa shape index (κ1) is 9.90. The fraction of sp³-hybridized carbons (Fsp3) is 0.0625. The Morgan fingerprint density at radius 2 is 1.89 bits per heavy atom. The van der Waals surface area contributed by atoms with Gasteiger partial charge >= 0.3 is 6.85 Å². The lowest BCUT2D eigenvalue weighted by Crippen LogP contribution is -2.42. The molecule has 0 radical (unpaired) electrons. The number of hydrogen-bond donors (Lipinski definition) is 0. The lowest BCUT2D eigenvalue weighted by molar-refractivity contribution is -0.255. The molecule has 1 unspecified atom stereocenters. The van der Waals surface area contributed by atoms with E-state index in [4.69, 9.17) is 0 Å². The van der Waals surface area contributed by atoms with Gasteiger partial charge < -0.3 is 0 Å². The van der Waals surface area contributed by atoms with Crippen LogP contribution < -0.4 is 10.4 Å². The van der Waals surface area contributed by atoms with Gasteiger partial charge in [0, 0.05) is 5.22 Å². The van der Waals surface area contributed by atoms with Crippen LogP contribution in [-0.2, 0) is 0 Å². The Balaban J connectivity index is 1.92. The number of fused-ring (bicyclic) bond motifs is 3. The van der Waals surface area contributed by atoms with Crippen molar-refractivity contribution in [2.45, 2.75) is 0 Å². The van der Waals surface area contributed by atoms with E-state index in [-0.39, 0.29) is 0 Å². The monoisotopic (exact) mass is 230 g/mol. The topological polar surface area (TPSA) is 3.01 Å². The Labute approximate surface area is 107 Å². The van der Waals surface area contributed by atoms with E-state index in [1.807, 2.05) is 0 Å². The van der Waals surface area contributed by atoms with Crippen LogP contribution in [0.15, 0.2) is 60.1 Å². The fourth-order valence-electron chi connectivity index (χ4n) is 2.83. The summed E-state index contributed by atoms with van der Waals surface area (Å²) in [6.45, 7) is 0.363. The second-order valence-electron chi connectivity index (χ2n) is 4.95. The molecule has 0 saturated heterocycles. The van der Waals surface area contributed by atoms with Crippen molar-refractivity contribution < 1.29 is 4.49 Å². The van der Waals surface area contributed by atoms with Crippen molar-refractivity contribution in [2.24, 2.45) is 5.92 Å². The molecular weight excluding hydrogens is 217 g/mol. The van der Waals surface area contributed by atoms with Crippen molar-refractivity contribution in [3.8, 4) is 0 Å². The van der Waals surface area contributed by atoms with E-state index >= 15 is 0 Å². The van der Waals surface area contributed by atoms with E-state index in [1.165, 1.54) is 16.0 Å². The Morgan fingerprint density at radius 1 is 1.00 bits per heavy atom. The molecule has 1 atom stereocenters. The van der Waals surface area contributed by atoms with Crippen molar-refractivity contribution in [3.05, 3.63) is 70.6 Å². The van der Waals surface area contributed by atoms with Crippen LogP contribution in [0.2, 0.25) is 0 Å². The number of rotatable bonds is 0. The molecule has 2 heterocycles. The molecule has 2 heteroatoms. The zero-order valence-electron chi connectivity index (χ0n) is 10.0. The Bertz CT molecular complexity index is 750. The quantitative estimate of drug-likeness (QED) is 0.586. The van der Waals surface area contributed by atoms with Gasteiger partial charge in [0.1, 0.15) is 6.21 Å². The van der Waals surface area contributed by atoms with Crippen LogP contribution in [0.5, 0.6) is 0 Å². The standard InChI is InChI=1S/C16H13BN/c1-3-7-15-11-18-12-16-8-4-2-6-14(16)10-17(18)9-13(15)5-1/h1-12,15H/q+1. The molecule has 0 spiro atoms. The summed E-state index contributed by atoms with van der Waals surface area (Å²) < 4.78 is 2.32. The second kappa shape index (κ2) is 3.71. The van der Waals surface area contributed by atoms with Crippen molar-refractivity contribution in [2.75, 3.05) is 0 Å². The highest BCUT2D eigenvalue weighted by molar-refractivity contribution is 6.72. The summed E-state index contributed by atoms with van der Waals surface area (Å²) in [5.41, 5.74) is 1.41. The van der Waals surface area contributed by atoms with Gasteiger partial charge in [0.2, 0.25) is 0 Å². The largest absolute Gasteiger partial charge is 0.544 e. The average Bonchev–Trinajstić information content (AvgIpc) is 2.42. The minimum atomic E-state index is 0.363. The highest BCUT2D eigenvalue weighted by Crippen LogP contribution is 2.21. The predicted molar refractivity (Wildman–Crippen MR) is 76.6 cm³/mol. The van der Waals surface area contributed by atoms with Gasteiger partial charge in [-0.05, 0) is 28.8 Å². The Morgan fingerprint density at radius 3 is 2.83 bits per heavy atom. The smallest absolute Gasteiger partial charge is 0.285 e. The highest BCUT2D eigenvalue weighted by Gasteiger charge is 2.33. The molecular formula is C16H13BN+. The number of nitrogens with zero attached hydrogens (tertiary/aromatic N) is 1. The van der Waals surface area contributed by atoms with Crippen LogP contribution in [0, 0.1) is 5.92 Å². The van der Waals surface area contributed by atoms with Gasteiger partial charge in [-0.3, -0.25) is 4.49 Å². The molecule has 0 saturated carbocycles. The maximum Gasteiger partial charge on any atom is 0.544 e. The molecule has 84 valence electrons. The van der Waals surface area contributed by atoms with Gasteiger partial charge in [-0.15, -0.1) is 0 Å². The predicted octanol–water partition coefficient (Wildman–Crippen LogP) is 1.05. The summed E-state index contributed by atoms with van der Waals surface area (Å²) in [6, 6.07) is 8.55. The molecule has 2 aliphatic heterocycles. The minimum absolute atomic E-state index is 0.363. The average molecular weight is 230 g/mol. The third kappa shape index (κ3) is 1.46. The van der Waals surface area contributed by atoms with E-state index in [0.717, 1.165) is 0 Å². The molecule has 18 heavy (non-hydrogen) atoms. The second-order valence-corrected chi connectivity index (χ2v) is 4.95. The van der Waals surface area contributed by atoms with Crippen LogP contribution in [0.25, 0.3) is 12.2 Å². The molecule has 0 N–H and O–H groups in total. The Hall–Kier alpha value is -2.09. The summed E-state index contributed by atoms with van der Waals surface area (Å²) in [5, 5.41) is 2.63. The molecule has 1 aromatic rings. The van der Waals surface area contributed by atoms with E-state index in [9.17, 15) is 0 Å². The Kier molecular flexibility index (Phi) is 2.04. The van der Waals surface area contributed by atoms with E-state index in [1.54, 1.807) is 0 Å². The summed E-state index contributed by atoms with van der Waals surface area (Å²) in [4.78, 5) is 0. The normalized spacial score (nSPS) is 22.9. The van der Waals surface area contributed by atoms with Crippen molar-refractivity contribution >= 4 is 25.2 Å². The molecule has 1 nitrogen and oxygen atoms in total. The van der Waals surface area contributed by atoms with Crippen molar-refractivity contribution in [1.29, 1.82) is 0 Å². The molecule has 0 bridgehead atoms. The van der Waals surface area contributed by atoms with Gasteiger partial charge in [0.15, 0.2) is 6.20 Å². The molecule has 4 rings (SSSR count). The van der Waals surface area contributed by atoms with E-state index in [0.29, 0.717) is 12.8 Å². The lowest BCUT2D eigenvalue weighted by atomic mass is 9.56. The number of benzene rings is 1. The van der Waals surface area contributed by atoms with Gasteiger partial charge in [0.05, 0.1) is 5.92 Å². The zero-order chi connectivity index (χ0) is 11.9. The van der Waals surface area contributed by atoms with Crippen LogP contribution in [-0.4, -0.2) is 17.5 Å². The maximum absolute atomic E-state index is 2.36. The molecule has 0 aromatic heterocycles. The van der Waals surface area contributed by atoms with Crippen molar-refractivity contribution in [3.63, 3.8) is 0 Å². The molecule has 1 aromatic carbocycles. The van der Waals surface area contributed by atoms with Gasteiger partial charge in [-0.25, -0.2) is 0 Å². The maximum atomic E-state index is 2.36. The minimum Gasteiger partial charge on any atom is -0.285 e. The molecule has 3 aliphatic rings. The SMILES string of the molecule is C1=CC2=CB3C=c4ccccc4=C[N+]3=CC2C=C1. The van der Waals surface area contributed by atoms with Crippen molar-refractivity contribution in [1.82, 2.24) is 0 Å². The lowest BCUT2D eigenvalue weighted by Gasteiger charge is -2.18. The number of hydrogen-bond acceptors (Lipinski definition) is 0. The van der Waals surface area contributed by atoms with Crippen LogP contribution in [0.4, 0.5) is 0 Å². The van der Waals surface area contributed by atoms with E-state index < -0.39 is 0 Å². The van der Waals surface area contributed by atoms with Crippen LogP contribution in [0.1, 0.15) is 0 Å². The molecule has 0 fully saturated rings. The molecule has 0 amide bonds. The third-order valence-electron chi connectivity index (χ3n) is 3.78. The number of allylic oxidation sites excluding steroid dienone is 5. The van der Waals surface area contributed by atoms with Gasteiger partial charge in [-0.2, -0.15) is 0 Å². The summed E-state index contributed by atoms with van der Waals surface area (Å²) >= 11 is 0. The third-order valence-corrected chi connectivity index (χ3v) is 3.78. The van der Waals surface area contributed by atoms with Gasteiger partial charge in [-0.1, -0.05) is 42.5 Å². The van der Waals surface area contributed by atoms with Crippen LogP contribution in [0.3, 0.4) is 0 Å². The summed E-state index contributed by atoms with van der Waals surface area (Å²) in [5.74, 6) is 5.12.